The molecule has 5 heteroatoms. The van der Waals surface area contributed by atoms with E-state index in [-0.39, 0.29) is 5.91 Å². The number of anilines is 1. The first-order valence-corrected chi connectivity index (χ1v) is 7.65. The van der Waals surface area contributed by atoms with E-state index >= 15 is 0 Å². The van der Waals surface area contributed by atoms with E-state index in [4.69, 9.17) is 4.74 Å². The molecule has 2 aliphatic heterocycles. The summed E-state index contributed by atoms with van der Waals surface area (Å²) in [6, 6.07) is 8.17. The predicted molar refractivity (Wildman–Crippen MR) is 82.7 cm³/mol. The normalized spacial score (nSPS) is 22.8. The second kappa shape index (κ2) is 6.45. The zero-order chi connectivity index (χ0) is 14.7. The maximum atomic E-state index is 12.2. The standard InChI is InChI=1S/C16H23N3O2/c1-21-15-7-3-2-6-14(15)17-16(20)12-18-9-10-19-8-4-5-13(19)11-18/h2-3,6-7,13H,4-5,8-12H2,1H3,(H,17,20). The third-order valence-electron chi connectivity index (χ3n) is 4.42. The Morgan fingerprint density at radius 2 is 2.19 bits per heavy atom. The summed E-state index contributed by atoms with van der Waals surface area (Å²) in [4.78, 5) is 17.0. The van der Waals surface area contributed by atoms with Crippen molar-refractivity contribution in [1.29, 1.82) is 0 Å². The molecule has 0 aliphatic carbocycles. The fourth-order valence-electron chi connectivity index (χ4n) is 3.34. The minimum absolute atomic E-state index is 0.0333. The van der Waals surface area contributed by atoms with Gasteiger partial charge >= 0.3 is 0 Å². The van der Waals surface area contributed by atoms with Crippen molar-refractivity contribution in [3.63, 3.8) is 0 Å². The van der Waals surface area contributed by atoms with Crippen LogP contribution < -0.4 is 10.1 Å². The number of benzene rings is 1. The fourth-order valence-corrected chi connectivity index (χ4v) is 3.34. The van der Waals surface area contributed by atoms with Gasteiger partial charge in [-0.25, -0.2) is 0 Å². The minimum atomic E-state index is 0.0333. The molecule has 2 fully saturated rings. The third kappa shape index (κ3) is 3.36. The number of fused-ring (bicyclic) bond motifs is 1. The van der Waals surface area contributed by atoms with E-state index in [1.54, 1.807) is 7.11 Å². The zero-order valence-corrected chi connectivity index (χ0v) is 12.5. The lowest BCUT2D eigenvalue weighted by molar-refractivity contribution is -0.117. The number of ether oxygens (including phenoxy) is 1. The Hall–Kier alpha value is -1.59. The number of carbonyl (C=O) groups is 1. The van der Waals surface area contributed by atoms with Gasteiger partial charge in [0, 0.05) is 25.7 Å². The average Bonchev–Trinajstić information content (AvgIpc) is 2.95. The van der Waals surface area contributed by atoms with Crippen LogP contribution in [0.3, 0.4) is 0 Å². The summed E-state index contributed by atoms with van der Waals surface area (Å²) < 4.78 is 5.26. The van der Waals surface area contributed by atoms with Crippen molar-refractivity contribution in [1.82, 2.24) is 9.80 Å². The quantitative estimate of drug-likeness (QED) is 0.910. The maximum absolute atomic E-state index is 12.2. The van der Waals surface area contributed by atoms with Crippen LogP contribution in [-0.2, 0) is 4.79 Å². The molecule has 0 radical (unpaired) electrons. The lowest BCUT2D eigenvalue weighted by Gasteiger charge is -2.37. The topological polar surface area (TPSA) is 44.8 Å². The molecule has 3 rings (SSSR count). The van der Waals surface area contributed by atoms with Crippen molar-refractivity contribution < 1.29 is 9.53 Å². The van der Waals surface area contributed by atoms with Crippen molar-refractivity contribution in [2.45, 2.75) is 18.9 Å². The van der Waals surface area contributed by atoms with E-state index in [1.807, 2.05) is 24.3 Å². The van der Waals surface area contributed by atoms with Crippen molar-refractivity contribution >= 4 is 11.6 Å². The minimum Gasteiger partial charge on any atom is -0.495 e. The number of piperazine rings is 1. The van der Waals surface area contributed by atoms with Crippen LogP contribution in [0.1, 0.15) is 12.8 Å². The Labute approximate surface area is 125 Å². The van der Waals surface area contributed by atoms with Gasteiger partial charge in [-0.05, 0) is 31.5 Å². The molecule has 0 spiro atoms. The number of hydrogen-bond acceptors (Lipinski definition) is 4. The highest BCUT2D eigenvalue weighted by Gasteiger charge is 2.31. The van der Waals surface area contributed by atoms with Crippen LogP contribution >= 0.6 is 0 Å². The summed E-state index contributed by atoms with van der Waals surface area (Å²) >= 11 is 0. The van der Waals surface area contributed by atoms with Gasteiger partial charge in [0.2, 0.25) is 5.91 Å². The van der Waals surface area contributed by atoms with Gasteiger partial charge in [0.05, 0.1) is 19.3 Å². The van der Waals surface area contributed by atoms with Crippen molar-refractivity contribution in [2.75, 3.05) is 45.2 Å². The molecule has 2 saturated heterocycles. The summed E-state index contributed by atoms with van der Waals surface area (Å²) in [6.07, 6.45) is 2.57. The second-order valence-electron chi connectivity index (χ2n) is 5.82. The van der Waals surface area contributed by atoms with Crippen LogP contribution in [0.2, 0.25) is 0 Å². The molecule has 2 aliphatic rings. The van der Waals surface area contributed by atoms with E-state index in [1.165, 1.54) is 19.4 Å². The number of hydrogen-bond donors (Lipinski definition) is 1. The Morgan fingerprint density at radius 3 is 3.05 bits per heavy atom. The molecule has 0 bridgehead atoms. The highest BCUT2D eigenvalue weighted by molar-refractivity contribution is 5.93. The Balaban J connectivity index is 1.54. The molecule has 2 heterocycles. The van der Waals surface area contributed by atoms with E-state index in [0.29, 0.717) is 18.3 Å². The lowest BCUT2D eigenvalue weighted by atomic mass is 10.1. The van der Waals surface area contributed by atoms with Crippen LogP contribution in [0.25, 0.3) is 0 Å². The number of nitrogens with one attached hydrogen (secondary N) is 1. The Morgan fingerprint density at radius 1 is 1.33 bits per heavy atom. The molecule has 21 heavy (non-hydrogen) atoms. The lowest BCUT2D eigenvalue weighted by Crippen LogP contribution is -2.51. The summed E-state index contributed by atoms with van der Waals surface area (Å²) in [5, 5.41) is 2.95. The smallest absolute Gasteiger partial charge is 0.238 e. The molecule has 1 aromatic rings. The van der Waals surface area contributed by atoms with E-state index in [0.717, 1.165) is 25.3 Å². The third-order valence-corrected chi connectivity index (χ3v) is 4.42. The molecule has 1 atom stereocenters. The zero-order valence-electron chi connectivity index (χ0n) is 12.5. The number of carbonyl (C=O) groups excluding carboxylic acids is 1. The second-order valence-corrected chi connectivity index (χ2v) is 5.82. The van der Waals surface area contributed by atoms with Gasteiger partial charge in [-0.15, -0.1) is 0 Å². The first-order chi connectivity index (χ1) is 10.3. The van der Waals surface area contributed by atoms with Gasteiger partial charge in [-0.3, -0.25) is 14.6 Å². The van der Waals surface area contributed by atoms with Crippen LogP contribution in [0, 0.1) is 0 Å². The average molecular weight is 289 g/mol. The number of para-hydroxylation sites is 2. The number of amides is 1. The molecular formula is C16H23N3O2. The summed E-state index contributed by atoms with van der Waals surface area (Å²) in [6.45, 7) is 4.77. The van der Waals surface area contributed by atoms with Gasteiger partial charge in [0.1, 0.15) is 5.75 Å². The van der Waals surface area contributed by atoms with Gasteiger partial charge in [0.15, 0.2) is 0 Å². The molecule has 5 nitrogen and oxygen atoms in total. The van der Waals surface area contributed by atoms with Gasteiger partial charge in [-0.1, -0.05) is 12.1 Å². The van der Waals surface area contributed by atoms with E-state index < -0.39 is 0 Å². The van der Waals surface area contributed by atoms with Gasteiger partial charge < -0.3 is 10.1 Å². The highest BCUT2D eigenvalue weighted by Crippen LogP contribution is 2.24. The van der Waals surface area contributed by atoms with Gasteiger partial charge in [-0.2, -0.15) is 0 Å². The summed E-state index contributed by atoms with van der Waals surface area (Å²) in [5.74, 6) is 0.734. The Bertz CT molecular complexity index is 506. The van der Waals surface area contributed by atoms with Crippen LogP contribution in [0.5, 0.6) is 5.75 Å². The molecule has 1 unspecified atom stereocenters. The Kier molecular flexibility index (Phi) is 4.41. The van der Waals surface area contributed by atoms with E-state index in [2.05, 4.69) is 15.1 Å². The fraction of sp³-hybridized carbons (Fsp3) is 0.562. The molecule has 1 aromatic carbocycles. The maximum Gasteiger partial charge on any atom is 0.238 e. The summed E-state index contributed by atoms with van der Waals surface area (Å²) in [5.41, 5.74) is 0.740. The molecule has 114 valence electrons. The summed E-state index contributed by atoms with van der Waals surface area (Å²) in [7, 11) is 1.62. The van der Waals surface area contributed by atoms with Crippen LogP contribution in [0.4, 0.5) is 5.69 Å². The monoisotopic (exact) mass is 289 g/mol. The predicted octanol–water partition coefficient (Wildman–Crippen LogP) is 1.41. The molecule has 1 amide bonds. The number of methoxy groups -OCH3 is 1. The highest BCUT2D eigenvalue weighted by atomic mass is 16.5. The van der Waals surface area contributed by atoms with Crippen molar-refractivity contribution in [3.05, 3.63) is 24.3 Å². The molecular weight excluding hydrogens is 266 g/mol. The molecule has 0 aromatic heterocycles. The van der Waals surface area contributed by atoms with Crippen LogP contribution in [0.15, 0.2) is 24.3 Å². The molecule has 1 N–H and O–H groups in total. The van der Waals surface area contributed by atoms with Crippen molar-refractivity contribution in [2.24, 2.45) is 0 Å². The SMILES string of the molecule is COc1ccccc1NC(=O)CN1CCN2CCCC2C1. The first kappa shape index (κ1) is 14.4. The molecule has 0 saturated carbocycles. The van der Waals surface area contributed by atoms with Crippen molar-refractivity contribution in [3.8, 4) is 5.75 Å². The largest absolute Gasteiger partial charge is 0.495 e. The van der Waals surface area contributed by atoms with E-state index in [9.17, 15) is 4.79 Å². The van der Waals surface area contributed by atoms with Gasteiger partial charge in [0.25, 0.3) is 0 Å². The number of nitrogens with zero attached hydrogens (tertiary/aromatic N) is 2. The van der Waals surface area contributed by atoms with Crippen LogP contribution in [-0.4, -0.2) is 61.6 Å². The first-order valence-electron chi connectivity index (χ1n) is 7.65. The number of rotatable bonds is 4.